The molecular weight excluding hydrogens is 648 g/mol. The van der Waals surface area contributed by atoms with Gasteiger partial charge in [0.05, 0.1) is 0 Å². The number of carbonyl (C=O) groups excluding carboxylic acids is 3. The first-order chi connectivity index (χ1) is 25.1. The minimum atomic E-state index is -0.762. The van der Waals surface area contributed by atoms with Crippen molar-refractivity contribution in [1.82, 2.24) is 0 Å². The summed E-state index contributed by atoms with van der Waals surface area (Å²) in [5, 5.41) is 0. The molecule has 6 heteroatoms. The third-order valence-electron chi connectivity index (χ3n) is 10.5. The average molecular weight is 737 g/mol. The zero-order valence-corrected chi connectivity index (χ0v) is 35.6. The van der Waals surface area contributed by atoms with Crippen LogP contribution in [0.1, 0.15) is 241 Å². The molecule has 0 heterocycles. The second-order valence-electron chi connectivity index (χ2n) is 16.9. The third kappa shape index (κ3) is 38.1. The maximum absolute atomic E-state index is 12.7. The van der Waals surface area contributed by atoms with E-state index in [2.05, 4.69) is 41.5 Å². The van der Waals surface area contributed by atoms with Crippen LogP contribution in [-0.2, 0) is 28.6 Å². The molecule has 52 heavy (non-hydrogen) atoms. The summed E-state index contributed by atoms with van der Waals surface area (Å²) in [6.45, 7) is 13.6. The van der Waals surface area contributed by atoms with Gasteiger partial charge in [-0.2, -0.15) is 0 Å². The molecule has 6 nitrogen and oxygen atoms in total. The molecule has 0 aliphatic heterocycles. The van der Waals surface area contributed by atoms with Gasteiger partial charge in [0.15, 0.2) is 6.10 Å². The molecule has 0 saturated carbocycles. The van der Waals surface area contributed by atoms with Crippen LogP contribution in [0.2, 0.25) is 0 Å². The fourth-order valence-electron chi connectivity index (χ4n) is 6.67. The van der Waals surface area contributed by atoms with Gasteiger partial charge in [-0.25, -0.2) is 0 Å². The van der Waals surface area contributed by atoms with E-state index < -0.39 is 6.10 Å². The Labute approximate surface area is 323 Å². The van der Waals surface area contributed by atoms with E-state index in [0.29, 0.717) is 19.3 Å². The Balaban J connectivity index is 4.35. The Morgan fingerprint density at radius 1 is 0.385 bits per heavy atom. The lowest BCUT2D eigenvalue weighted by Gasteiger charge is -2.18. The zero-order valence-electron chi connectivity index (χ0n) is 35.6. The third-order valence-corrected chi connectivity index (χ3v) is 10.5. The first-order valence-corrected chi connectivity index (χ1v) is 22.6. The number of hydrogen-bond donors (Lipinski definition) is 0. The number of rotatable bonds is 39. The summed E-state index contributed by atoms with van der Waals surface area (Å²) in [5.41, 5.74) is 0. The van der Waals surface area contributed by atoms with Gasteiger partial charge in [0.1, 0.15) is 13.2 Å². The summed E-state index contributed by atoms with van der Waals surface area (Å²) in [5.74, 6) is 1.57. The van der Waals surface area contributed by atoms with Crippen molar-refractivity contribution in [2.45, 2.75) is 247 Å². The largest absolute Gasteiger partial charge is 0.462 e. The smallest absolute Gasteiger partial charge is 0.306 e. The number of ether oxygens (including phenoxy) is 3. The van der Waals surface area contributed by atoms with Crippen molar-refractivity contribution in [2.24, 2.45) is 17.8 Å². The summed E-state index contributed by atoms with van der Waals surface area (Å²) in [6.07, 6.45) is 33.8. The van der Waals surface area contributed by atoms with Crippen LogP contribution < -0.4 is 0 Å². The molecule has 0 aliphatic carbocycles. The molecule has 0 aliphatic rings. The highest BCUT2D eigenvalue weighted by molar-refractivity contribution is 5.71. The normalized spacial score (nSPS) is 12.7. The molecule has 0 aromatic heterocycles. The Morgan fingerprint density at radius 3 is 1.00 bits per heavy atom. The van der Waals surface area contributed by atoms with E-state index in [1.165, 1.54) is 122 Å². The molecule has 0 N–H and O–H groups in total. The Morgan fingerprint density at radius 2 is 0.673 bits per heavy atom. The standard InChI is InChI=1S/C46H88O6/c1-7-42(6)34-28-22-16-11-12-18-24-30-36-45(48)51-39-43(52-46(49)37-31-25-19-13-15-21-27-33-41(4)5)38-50-44(47)35-29-23-17-10-8-9-14-20-26-32-40(2)3/h40-43H,7-39H2,1-6H3/t42?,43-/m0/s1. The lowest BCUT2D eigenvalue weighted by Crippen LogP contribution is -2.30. The first kappa shape index (κ1) is 50.4. The predicted molar refractivity (Wildman–Crippen MR) is 219 cm³/mol. The molecule has 0 rings (SSSR count). The molecule has 0 spiro atoms. The monoisotopic (exact) mass is 737 g/mol. The quantitative estimate of drug-likeness (QED) is 0.0355. The van der Waals surface area contributed by atoms with Crippen LogP contribution in [0.25, 0.3) is 0 Å². The molecule has 0 bridgehead atoms. The fraction of sp³-hybridized carbons (Fsp3) is 0.935. The van der Waals surface area contributed by atoms with E-state index in [9.17, 15) is 14.4 Å². The topological polar surface area (TPSA) is 78.9 Å². The molecule has 1 unspecified atom stereocenters. The van der Waals surface area contributed by atoms with E-state index in [1.807, 2.05) is 0 Å². The minimum Gasteiger partial charge on any atom is -0.462 e. The van der Waals surface area contributed by atoms with E-state index in [0.717, 1.165) is 75.5 Å². The SMILES string of the molecule is CCC(C)CCCCCCCCCCC(=O)OC[C@H](COC(=O)CCCCCCCCCCCC(C)C)OC(=O)CCCCCCCCCC(C)C. The summed E-state index contributed by atoms with van der Waals surface area (Å²) in [6, 6.07) is 0. The van der Waals surface area contributed by atoms with Crippen LogP contribution in [-0.4, -0.2) is 37.2 Å². The highest BCUT2D eigenvalue weighted by Gasteiger charge is 2.19. The van der Waals surface area contributed by atoms with Crippen molar-refractivity contribution in [3.05, 3.63) is 0 Å². The van der Waals surface area contributed by atoms with Gasteiger partial charge in [-0.3, -0.25) is 14.4 Å². The molecule has 0 radical (unpaired) electrons. The van der Waals surface area contributed by atoms with Crippen molar-refractivity contribution in [2.75, 3.05) is 13.2 Å². The molecule has 0 amide bonds. The van der Waals surface area contributed by atoms with Gasteiger partial charge in [0, 0.05) is 19.3 Å². The second-order valence-corrected chi connectivity index (χ2v) is 16.9. The van der Waals surface area contributed by atoms with E-state index in [4.69, 9.17) is 14.2 Å². The summed E-state index contributed by atoms with van der Waals surface area (Å²) >= 11 is 0. The van der Waals surface area contributed by atoms with Gasteiger partial charge in [-0.15, -0.1) is 0 Å². The number of esters is 3. The fourth-order valence-corrected chi connectivity index (χ4v) is 6.67. The van der Waals surface area contributed by atoms with Gasteiger partial charge in [0.2, 0.25) is 0 Å². The van der Waals surface area contributed by atoms with E-state index >= 15 is 0 Å². The number of unbranched alkanes of at least 4 members (excludes halogenated alkanes) is 21. The molecule has 2 atom stereocenters. The van der Waals surface area contributed by atoms with Crippen LogP contribution in [0, 0.1) is 17.8 Å². The molecule has 308 valence electrons. The lowest BCUT2D eigenvalue weighted by molar-refractivity contribution is -0.167. The van der Waals surface area contributed by atoms with Gasteiger partial charge in [0.25, 0.3) is 0 Å². The van der Waals surface area contributed by atoms with Crippen LogP contribution in [0.3, 0.4) is 0 Å². The second kappa shape index (κ2) is 37.7. The maximum atomic E-state index is 12.7. The zero-order chi connectivity index (χ0) is 38.5. The molecule has 0 aromatic rings. The Hall–Kier alpha value is -1.59. The van der Waals surface area contributed by atoms with Gasteiger partial charge < -0.3 is 14.2 Å². The highest BCUT2D eigenvalue weighted by Crippen LogP contribution is 2.17. The van der Waals surface area contributed by atoms with Crippen molar-refractivity contribution < 1.29 is 28.6 Å². The Bertz CT molecular complexity index is 809. The molecule has 0 fully saturated rings. The molecule has 0 aromatic carbocycles. The molecule has 0 saturated heterocycles. The summed E-state index contributed by atoms with van der Waals surface area (Å²) in [7, 11) is 0. The number of hydrogen-bond acceptors (Lipinski definition) is 6. The van der Waals surface area contributed by atoms with Crippen LogP contribution in [0.5, 0.6) is 0 Å². The van der Waals surface area contributed by atoms with Gasteiger partial charge >= 0.3 is 17.9 Å². The van der Waals surface area contributed by atoms with Crippen molar-refractivity contribution >= 4 is 17.9 Å². The summed E-state index contributed by atoms with van der Waals surface area (Å²) in [4.78, 5) is 37.7. The average Bonchev–Trinajstić information content (AvgIpc) is 3.11. The van der Waals surface area contributed by atoms with Crippen molar-refractivity contribution in [3.63, 3.8) is 0 Å². The van der Waals surface area contributed by atoms with Crippen LogP contribution >= 0.6 is 0 Å². The Kier molecular flexibility index (Phi) is 36.6. The highest BCUT2D eigenvalue weighted by atomic mass is 16.6. The number of carbonyl (C=O) groups is 3. The van der Waals surface area contributed by atoms with Crippen molar-refractivity contribution in [1.29, 1.82) is 0 Å². The van der Waals surface area contributed by atoms with Crippen LogP contribution in [0.15, 0.2) is 0 Å². The maximum Gasteiger partial charge on any atom is 0.306 e. The molecular formula is C46H88O6. The lowest BCUT2D eigenvalue weighted by atomic mass is 9.99. The van der Waals surface area contributed by atoms with Crippen molar-refractivity contribution in [3.8, 4) is 0 Å². The van der Waals surface area contributed by atoms with Gasteiger partial charge in [-0.1, -0.05) is 202 Å². The predicted octanol–water partition coefficient (Wildman–Crippen LogP) is 14.0. The minimum absolute atomic E-state index is 0.0671. The van der Waals surface area contributed by atoms with Gasteiger partial charge in [-0.05, 0) is 37.0 Å². The van der Waals surface area contributed by atoms with Crippen LogP contribution in [0.4, 0.5) is 0 Å². The summed E-state index contributed by atoms with van der Waals surface area (Å²) < 4.78 is 16.7. The van der Waals surface area contributed by atoms with E-state index in [1.54, 1.807) is 0 Å². The first-order valence-electron chi connectivity index (χ1n) is 22.6. The van der Waals surface area contributed by atoms with E-state index in [-0.39, 0.29) is 31.1 Å².